The zero-order chi connectivity index (χ0) is 23.5. The van der Waals surface area contributed by atoms with Crippen LogP contribution in [0.2, 0.25) is 0 Å². The molecule has 3 amide bonds. The number of rotatable bonds is 6. The molecule has 2 aromatic carbocycles. The van der Waals surface area contributed by atoms with Gasteiger partial charge < -0.3 is 10.2 Å². The van der Waals surface area contributed by atoms with Gasteiger partial charge in [-0.1, -0.05) is 42.9 Å². The van der Waals surface area contributed by atoms with Crippen LogP contribution in [0, 0.1) is 12.8 Å². The van der Waals surface area contributed by atoms with Crippen LogP contribution < -0.4 is 15.5 Å². The molecule has 0 bridgehead atoms. The van der Waals surface area contributed by atoms with Crippen LogP contribution in [0.15, 0.2) is 48.5 Å². The molecule has 1 aromatic heterocycles. The lowest BCUT2D eigenvalue weighted by atomic mass is 10.1. The number of aryl methyl sites for hydroxylation is 1. The number of anilines is 3. The number of nitrogens with one attached hydrogen (secondary N) is 2. The van der Waals surface area contributed by atoms with Crippen molar-refractivity contribution in [3.05, 3.63) is 64.7 Å². The van der Waals surface area contributed by atoms with Crippen molar-refractivity contribution in [1.82, 2.24) is 10.2 Å². The maximum atomic E-state index is 12.6. The normalized spacial score (nSPS) is 15.7. The monoisotopic (exact) mass is 463 g/mol. The highest BCUT2D eigenvalue weighted by Gasteiger charge is 2.34. The lowest BCUT2D eigenvalue weighted by Gasteiger charge is -2.16. The Morgan fingerprint density at radius 2 is 1.73 bits per heavy atom. The van der Waals surface area contributed by atoms with Crippen molar-refractivity contribution >= 4 is 45.6 Å². The van der Waals surface area contributed by atoms with E-state index in [-0.39, 0.29) is 29.6 Å². The van der Waals surface area contributed by atoms with E-state index in [0.29, 0.717) is 29.3 Å². The molecule has 0 saturated carbocycles. The average molecular weight is 464 g/mol. The van der Waals surface area contributed by atoms with Crippen LogP contribution in [0.1, 0.15) is 47.1 Å². The molecule has 1 aliphatic rings. The maximum absolute atomic E-state index is 12.6. The van der Waals surface area contributed by atoms with Crippen molar-refractivity contribution in [2.24, 2.45) is 5.92 Å². The Bertz CT molecular complexity index is 1170. The van der Waals surface area contributed by atoms with Crippen LogP contribution in [0.5, 0.6) is 0 Å². The predicted molar refractivity (Wildman–Crippen MR) is 129 cm³/mol. The third kappa shape index (κ3) is 5.25. The highest BCUT2D eigenvalue weighted by atomic mass is 32.1. The number of benzene rings is 2. The minimum Gasteiger partial charge on any atom is -0.326 e. The smallest absolute Gasteiger partial charge is 0.257 e. The molecule has 0 radical (unpaired) electrons. The van der Waals surface area contributed by atoms with Crippen molar-refractivity contribution in [2.45, 2.75) is 33.1 Å². The minimum absolute atomic E-state index is 0.0503. The Morgan fingerprint density at radius 1 is 1.03 bits per heavy atom. The van der Waals surface area contributed by atoms with E-state index in [1.54, 1.807) is 29.2 Å². The summed E-state index contributed by atoms with van der Waals surface area (Å²) in [5, 5.41) is 15.0. The molecule has 1 fully saturated rings. The maximum Gasteiger partial charge on any atom is 0.257 e. The van der Waals surface area contributed by atoms with Crippen LogP contribution in [0.3, 0.4) is 0 Å². The summed E-state index contributed by atoms with van der Waals surface area (Å²) in [4.78, 5) is 38.7. The van der Waals surface area contributed by atoms with Gasteiger partial charge in [-0.3, -0.25) is 19.7 Å². The molecule has 33 heavy (non-hydrogen) atoms. The Morgan fingerprint density at radius 3 is 2.39 bits per heavy atom. The van der Waals surface area contributed by atoms with Gasteiger partial charge in [-0.2, -0.15) is 0 Å². The van der Waals surface area contributed by atoms with Gasteiger partial charge in [-0.25, -0.2) is 0 Å². The SMILES string of the molecule is Cc1ccc(N2CC(c3nnc(NC(=O)c4ccc(NC(=O)C(C)C)cc4)s3)CC2=O)cc1. The van der Waals surface area contributed by atoms with Gasteiger partial charge in [0.25, 0.3) is 5.91 Å². The predicted octanol–water partition coefficient (Wildman–Crippen LogP) is 4.21. The minimum atomic E-state index is -0.316. The van der Waals surface area contributed by atoms with Gasteiger partial charge in [0.15, 0.2) is 0 Å². The lowest BCUT2D eigenvalue weighted by Crippen LogP contribution is -2.24. The molecule has 3 aromatic rings. The Balaban J connectivity index is 1.37. The number of carbonyl (C=O) groups excluding carboxylic acids is 3. The van der Waals surface area contributed by atoms with Gasteiger partial charge in [0, 0.05) is 41.7 Å². The fourth-order valence-corrected chi connectivity index (χ4v) is 4.29. The third-order valence-corrected chi connectivity index (χ3v) is 6.42. The number of carbonyl (C=O) groups is 3. The molecule has 4 rings (SSSR count). The van der Waals surface area contributed by atoms with Gasteiger partial charge in [-0.05, 0) is 43.3 Å². The number of aromatic nitrogens is 2. The molecule has 8 nitrogen and oxygen atoms in total. The fourth-order valence-electron chi connectivity index (χ4n) is 3.46. The van der Waals surface area contributed by atoms with Gasteiger partial charge in [0.2, 0.25) is 16.9 Å². The summed E-state index contributed by atoms with van der Waals surface area (Å²) in [6.45, 7) is 6.17. The first-order valence-corrected chi connectivity index (χ1v) is 11.5. The van der Waals surface area contributed by atoms with Crippen molar-refractivity contribution < 1.29 is 14.4 Å². The van der Waals surface area contributed by atoms with Crippen molar-refractivity contribution in [3.63, 3.8) is 0 Å². The summed E-state index contributed by atoms with van der Waals surface area (Å²) < 4.78 is 0. The highest BCUT2D eigenvalue weighted by molar-refractivity contribution is 7.15. The molecule has 1 atom stereocenters. The number of amides is 3. The highest BCUT2D eigenvalue weighted by Crippen LogP contribution is 2.34. The molecule has 1 saturated heterocycles. The Labute approximate surface area is 196 Å². The summed E-state index contributed by atoms with van der Waals surface area (Å²) in [5.41, 5.74) is 3.09. The summed E-state index contributed by atoms with van der Waals surface area (Å²) in [6, 6.07) is 14.5. The molecule has 2 N–H and O–H groups in total. The van der Waals surface area contributed by atoms with Crippen LogP contribution in [-0.4, -0.2) is 34.5 Å². The Kier molecular flexibility index (Phi) is 6.50. The molecule has 9 heteroatoms. The number of hydrogen-bond acceptors (Lipinski definition) is 6. The lowest BCUT2D eigenvalue weighted by molar-refractivity contribution is -0.119. The van der Waals surface area contributed by atoms with E-state index in [2.05, 4.69) is 20.8 Å². The molecule has 170 valence electrons. The van der Waals surface area contributed by atoms with E-state index in [1.807, 2.05) is 45.0 Å². The number of nitrogens with zero attached hydrogens (tertiary/aromatic N) is 3. The van der Waals surface area contributed by atoms with E-state index in [1.165, 1.54) is 11.3 Å². The second-order valence-corrected chi connectivity index (χ2v) is 9.37. The van der Waals surface area contributed by atoms with Crippen LogP contribution >= 0.6 is 11.3 Å². The molecular formula is C24H25N5O3S. The summed E-state index contributed by atoms with van der Waals surface area (Å²) in [7, 11) is 0. The van der Waals surface area contributed by atoms with Crippen LogP contribution in [0.4, 0.5) is 16.5 Å². The molecule has 2 heterocycles. The van der Waals surface area contributed by atoms with Crippen LogP contribution in [0.25, 0.3) is 0 Å². The fraction of sp³-hybridized carbons (Fsp3) is 0.292. The van der Waals surface area contributed by atoms with E-state index in [4.69, 9.17) is 0 Å². The summed E-state index contributed by atoms with van der Waals surface area (Å²) in [5.74, 6) is -0.540. The van der Waals surface area contributed by atoms with Gasteiger partial charge in [0.1, 0.15) is 5.01 Å². The summed E-state index contributed by atoms with van der Waals surface area (Å²) in [6.07, 6.45) is 0.361. The van der Waals surface area contributed by atoms with Crippen molar-refractivity contribution in [2.75, 3.05) is 22.1 Å². The average Bonchev–Trinajstić information content (AvgIpc) is 3.41. The molecule has 0 spiro atoms. The van der Waals surface area contributed by atoms with Crippen LogP contribution in [-0.2, 0) is 9.59 Å². The zero-order valence-electron chi connectivity index (χ0n) is 18.7. The van der Waals surface area contributed by atoms with E-state index in [0.717, 1.165) is 16.3 Å². The summed E-state index contributed by atoms with van der Waals surface area (Å²) >= 11 is 1.28. The van der Waals surface area contributed by atoms with Gasteiger partial charge in [-0.15, -0.1) is 10.2 Å². The van der Waals surface area contributed by atoms with E-state index < -0.39 is 0 Å². The molecule has 1 aliphatic heterocycles. The Hall–Kier alpha value is -3.59. The second kappa shape index (κ2) is 9.50. The first kappa shape index (κ1) is 22.6. The second-order valence-electron chi connectivity index (χ2n) is 8.36. The standard InChI is InChI=1S/C24H25N5O3S/c1-14(2)21(31)25-18-8-6-16(7-9-18)22(32)26-24-28-27-23(33-24)17-12-20(30)29(13-17)19-10-4-15(3)5-11-19/h4-11,14,17H,12-13H2,1-3H3,(H,25,31)(H,26,28,32). The van der Waals surface area contributed by atoms with Crippen molar-refractivity contribution in [3.8, 4) is 0 Å². The zero-order valence-corrected chi connectivity index (χ0v) is 19.5. The van der Waals surface area contributed by atoms with Gasteiger partial charge >= 0.3 is 0 Å². The largest absolute Gasteiger partial charge is 0.326 e. The molecule has 0 aliphatic carbocycles. The topological polar surface area (TPSA) is 104 Å². The quantitative estimate of drug-likeness (QED) is 0.570. The molecule has 1 unspecified atom stereocenters. The first-order valence-electron chi connectivity index (χ1n) is 10.7. The van der Waals surface area contributed by atoms with E-state index in [9.17, 15) is 14.4 Å². The number of hydrogen-bond donors (Lipinski definition) is 2. The van der Waals surface area contributed by atoms with E-state index >= 15 is 0 Å². The third-order valence-electron chi connectivity index (χ3n) is 5.42. The molecular weight excluding hydrogens is 438 g/mol. The first-order chi connectivity index (χ1) is 15.8. The van der Waals surface area contributed by atoms with Crippen molar-refractivity contribution in [1.29, 1.82) is 0 Å². The van der Waals surface area contributed by atoms with Gasteiger partial charge in [0.05, 0.1) is 0 Å².